The van der Waals surface area contributed by atoms with Crippen molar-refractivity contribution < 1.29 is 18.1 Å². The van der Waals surface area contributed by atoms with Crippen LogP contribution in [0.4, 0.5) is 0 Å². The summed E-state index contributed by atoms with van der Waals surface area (Å²) >= 11 is 0. The predicted molar refractivity (Wildman–Crippen MR) is 75.1 cm³/mol. The second-order valence-corrected chi connectivity index (χ2v) is 7.22. The third-order valence-electron chi connectivity index (χ3n) is 2.29. The van der Waals surface area contributed by atoms with E-state index in [4.69, 9.17) is 13.3 Å². The zero-order valence-corrected chi connectivity index (χ0v) is 13.4. The molecule has 0 bridgehead atoms. The van der Waals surface area contributed by atoms with Gasteiger partial charge in [-0.1, -0.05) is 19.9 Å². The van der Waals surface area contributed by atoms with Gasteiger partial charge in [0.1, 0.15) is 0 Å². The van der Waals surface area contributed by atoms with Crippen molar-refractivity contribution in [1.82, 2.24) is 0 Å². The molecule has 6 heteroatoms. The van der Waals surface area contributed by atoms with Crippen LogP contribution in [0.3, 0.4) is 0 Å². The first-order valence-electron chi connectivity index (χ1n) is 5.95. The van der Waals surface area contributed by atoms with Gasteiger partial charge in [0.25, 0.3) is 0 Å². The Labute approximate surface area is 112 Å². The van der Waals surface area contributed by atoms with Crippen molar-refractivity contribution >= 4 is 14.7 Å². The Kier molecular flexibility index (Phi) is 12.4. The summed E-state index contributed by atoms with van der Waals surface area (Å²) in [5, 5.41) is 0. The lowest BCUT2D eigenvalue weighted by atomic mass is 10.2. The minimum Gasteiger partial charge on any atom is -0.377 e. The van der Waals surface area contributed by atoms with Gasteiger partial charge in [0, 0.05) is 27.4 Å². The topological polar surface area (TPSA) is 70.8 Å². The van der Waals surface area contributed by atoms with Crippen molar-refractivity contribution in [3.05, 3.63) is 12.2 Å². The standard InChI is InChI=1S/C8H20O3Si.C4H7NO/c1-8(2)6-7-12(9-3,10-4)11-5;1-2-3-4(5)6/h8H,6-7H2,1-5H3;2-3H,1H3,(H2,5,6). The van der Waals surface area contributed by atoms with Crippen LogP contribution in [-0.2, 0) is 18.1 Å². The molecule has 0 saturated carbocycles. The van der Waals surface area contributed by atoms with Crippen LogP contribution >= 0.6 is 0 Å². The maximum absolute atomic E-state index is 9.73. The number of rotatable bonds is 7. The van der Waals surface area contributed by atoms with Crippen molar-refractivity contribution in [3.8, 4) is 0 Å². The number of hydrogen-bond acceptors (Lipinski definition) is 4. The first kappa shape index (κ1) is 19.6. The van der Waals surface area contributed by atoms with E-state index in [1.807, 2.05) is 0 Å². The van der Waals surface area contributed by atoms with Crippen LogP contribution in [0.5, 0.6) is 0 Å². The average Bonchev–Trinajstić information content (AvgIpc) is 2.32. The molecule has 0 aliphatic carbocycles. The summed E-state index contributed by atoms with van der Waals surface area (Å²) in [6.45, 7) is 6.10. The fraction of sp³-hybridized carbons (Fsp3) is 0.750. The average molecular weight is 277 g/mol. The molecule has 0 aliphatic heterocycles. The molecule has 1 amide bonds. The molecule has 0 unspecified atom stereocenters. The van der Waals surface area contributed by atoms with E-state index in [1.54, 1.807) is 34.3 Å². The number of carbonyl (C=O) groups excluding carboxylic acids is 1. The van der Waals surface area contributed by atoms with Crippen LogP contribution < -0.4 is 5.73 Å². The van der Waals surface area contributed by atoms with Crippen LogP contribution in [0.1, 0.15) is 27.2 Å². The molecule has 0 heterocycles. The molecule has 0 saturated heterocycles. The molecule has 0 aromatic heterocycles. The number of carbonyl (C=O) groups is 1. The van der Waals surface area contributed by atoms with Crippen molar-refractivity contribution in [1.29, 1.82) is 0 Å². The van der Waals surface area contributed by atoms with Crippen LogP contribution in [0, 0.1) is 5.92 Å². The molecule has 2 N–H and O–H groups in total. The van der Waals surface area contributed by atoms with Gasteiger partial charge >= 0.3 is 8.80 Å². The van der Waals surface area contributed by atoms with E-state index >= 15 is 0 Å². The number of amides is 1. The van der Waals surface area contributed by atoms with Gasteiger partial charge in [-0.15, -0.1) is 0 Å². The van der Waals surface area contributed by atoms with E-state index in [0.717, 1.165) is 12.5 Å². The number of hydrogen-bond donors (Lipinski definition) is 1. The van der Waals surface area contributed by atoms with E-state index < -0.39 is 14.7 Å². The summed E-state index contributed by atoms with van der Waals surface area (Å²) in [5.74, 6) is 0.273. The zero-order chi connectivity index (χ0) is 14.6. The molecule has 0 aliphatic rings. The molecular weight excluding hydrogens is 250 g/mol. The van der Waals surface area contributed by atoms with E-state index in [-0.39, 0.29) is 0 Å². The Morgan fingerprint density at radius 3 is 1.83 bits per heavy atom. The zero-order valence-electron chi connectivity index (χ0n) is 12.4. The summed E-state index contributed by atoms with van der Waals surface area (Å²) in [5.41, 5.74) is 4.68. The smallest absolute Gasteiger partial charge is 0.377 e. The van der Waals surface area contributed by atoms with Crippen LogP contribution in [0.2, 0.25) is 6.04 Å². The van der Waals surface area contributed by atoms with Gasteiger partial charge < -0.3 is 19.0 Å². The van der Waals surface area contributed by atoms with Gasteiger partial charge in [0.05, 0.1) is 0 Å². The van der Waals surface area contributed by atoms with E-state index in [9.17, 15) is 4.79 Å². The molecule has 108 valence electrons. The molecule has 0 fully saturated rings. The lowest BCUT2D eigenvalue weighted by Gasteiger charge is -2.24. The second kappa shape index (κ2) is 11.4. The highest BCUT2D eigenvalue weighted by atomic mass is 28.4. The van der Waals surface area contributed by atoms with Crippen molar-refractivity contribution in [2.24, 2.45) is 11.7 Å². The Morgan fingerprint density at radius 2 is 1.67 bits per heavy atom. The normalized spacial score (nSPS) is 11.5. The summed E-state index contributed by atoms with van der Waals surface area (Å²) < 4.78 is 15.8. The largest absolute Gasteiger partial charge is 0.500 e. The lowest BCUT2D eigenvalue weighted by Crippen LogP contribution is -2.42. The highest BCUT2D eigenvalue weighted by Crippen LogP contribution is 2.18. The highest BCUT2D eigenvalue weighted by molar-refractivity contribution is 6.60. The monoisotopic (exact) mass is 277 g/mol. The highest BCUT2D eigenvalue weighted by Gasteiger charge is 2.37. The molecule has 0 spiro atoms. The van der Waals surface area contributed by atoms with Crippen molar-refractivity contribution in [2.75, 3.05) is 21.3 Å². The second-order valence-electron chi connectivity index (χ2n) is 4.13. The number of allylic oxidation sites excluding steroid dienone is 1. The van der Waals surface area contributed by atoms with Gasteiger partial charge in [-0.05, 0) is 25.3 Å². The van der Waals surface area contributed by atoms with Crippen LogP contribution in [-0.4, -0.2) is 36.0 Å². The molecule has 0 radical (unpaired) electrons. The number of nitrogens with two attached hydrogens (primary N) is 1. The number of primary amides is 1. The maximum Gasteiger partial charge on any atom is 0.500 e. The SMILES string of the molecule is CC=CC(N)=O.CO[Si](CCC(C)C)(OC)OC. The van der Waals surface area contributed by atoms with Crippen molar-refractivity contribution in [3.63, 3.8) is 0 Å². The molecule has 0 aromatic rings. The summed E-state index contributed by atoms with van der Waals surface area (Å²) in [6, 6.07) is 0.897. The first-order chi connectivity index (χ1) is 8.37. The van der Waals surface area contributed by atoms with Gasteiger partial charge in [-0.2, -0.15) is 0 Å². The lowest BCUT2D eigenvalue weighted by molar-refractivity contribution is -0.113. The third kappa shape index (κ3) is 10.5. The minimum absolute atomic E-state index is 0.391. The Balaban J connectivity index is 0. The molecule has 18 heavy (non-hydrogen) atoms. The molecule has 0 rings (SSSR count). The first-order valence-corrected chi connectivity index (χ1v) is 7.88. The van der Waals surface area contributed by atoms with Gasteiger partial charge in [-0.3, -0.25) is 4.79 Å². The molecule has 5 nitrogen and oxygen atoms in total. The summed E-state index contributed by atoms with van der Waals surface area (Å²) in [4.78, 5) is 9.73. The summed E-state index contributed by atoms with van der Waals surface area (Å²) in [7, 11) is 2.68. The summed E-state index contributed by atoms with van der Waals surface area (Å²) in [6.07, 6.45) is 3.99. The van der Waals surface area contributed by atoms with Gasteiger partial charge in [0.2, 0.25) is 5.91 Å². The van der Waals surface area contributed by atoms with Gasteiger partial charge in [0.15, 0.2) is 0 Å². The van der Waals surface area contributed by atoms with Crippen molar-refractivity contribution in [2.45, 2.75) is 33.2 Å². The molecule has 0 aromatic carbocycles. The van der Waals surface area contributed by atoms with Crippen LogP contribution in [0.25, 0.3) is 0 Å². The van der Waals surface area contributed by atoms with E-state index in [1.165, 1.54) is 6.08 Å². The fourth-order valence-electron chi connectivity index (χ4n) is 1.19. The van der Waals surface area contributed by atoms with Crippen LogP contribution in [0.15, 0.2) is 12.2 Å². The predicted octanol–water partition coefficient (Wildman–Crippen LogP) is 1.96. The Morgan fingerprint density at radius 1 is 1.22 bits per heavy atom. The van der Waals surface area contributed by atoms with Gasteiger partial charge in [-0.25, -0.2) is 0 Å². The quantitative estimate of drug-likeness (QED) is 0.570. The van der Waals surface area contributed by atoms with E-state index in [0.29, 0.717) is 5.92 Å². The molecule has 0 atom stereocenters. The maximum atomic E-state index is 9.73. The fourth-order valence-corrected chi connectivity index (χ4v) is 3.23. The molecular formula is C12H27NO4Si. The Hall–Kier alpha value is -0.693. The minimum atomic E-state index is -2.28. The van der Waals surface area contributed by atoms with E-state index in [2.05, 4.69) is 19.6 Å². The Bertz CT molecular complexity index is 232. The third-order valence-corrected chi connectivity index (χ3v) is 5.06.